The van der Waals surface area contributed by atoms with Crippen molar-refractivity contribution >= 4 is 39.1 Å². The zero-order valence-corrected chi connectivity index (χ0v) is 18.4. The highest BCUT2D eigenvalue weighted by Gasteiger charge is 2.34. The van der Waals surface area contributed by atoms with E-state index in [-0.39, 0.29) is 18.4 Å². The number of hydrogen-bond donors (Lipinski definition) is 1. The van der Waals surface area contributed by atoms with Crippen LogP contribution in [-0.4, -0.2) is 62.2 Å². The highest BCUT2D eigenvalue weighted by Crippen LogP contribution is 2.33. The number of morpholine rings is 1. The number of halogens is 1. The van der Waals surface area contributed by atoms with Gasteiger partial charge in [-0.05, 0) is 42.8 Å². The Morgan fingerprint density at radius 2 is 1.93 bits per heavy atom. The van der Waals surface area contributed by atoms with Crippen LogP contribution in [0.25, 0.3) is 0 Å². The van der Waals surface area contributed by atoms with E-state index in [0.717, 1.165) is 21.4 Å². The van der Waals surface area contributed by atoms with Crippen LogP contribution in [0.3, 0.4) is 0 Å². The minimum absolute atomic E-state index is 0.0678. The number of ether oxygens (including phenoxy) is 2. The van der Waals surface area contributed by atoms with E-state index in [1.165, 1.54) is 0 Å². The van der Waals surface area contributed by atoms with Crippen LogP contribution in [0.15, 0.2) is 46.9 Å². The number of nitrogens with zero attached hydrogens (tertiary/aromatic N) is 2. The van der Waals surface area contributed by atoms with Crippen molar-refractivity contribution in [2.75, 3.05) is 49.6 Å². The number of rotatable bonds is 4. The number of hydrogen-bond acceptors (Lipinski definition) is 5. The summed E-state index contributed by atoms with van der Waals surface area (Å²) in [6.07, 6.45) is -0.652. The largest absolute Gasteiger partial charge is 0.477 e. The Kier molecular flexibility index (Phi) is 6.24. The van der Waals surface area contributed by atoms with Gasteiger partial charge in [0.2, 0.25) is 5.91 Å². The van der Waals surface area contributed by atoms with Crippen LogP contribution in [0.1, 0.15) is 5.56 Å². The van der Waals surface area contributed by atoms with E-state index >= 15 is 0 Å². The standard InChI is InChI=1S/C22H24BrN3O4/c1-15-12-16(6-7-17(15)23)24-21(27)14-26-13-20(22(28)25-8-10-29-11-9-25)30-19-5-3-2-4-18(19)26/h2-7,12,20H,8-11,13-14H2,1H3,(H,24,27). The summed E-state index contributed by atoms with van der Waals surface area (Å²) in [6, 6.07) is 13.2. The third-order valence-corrected chi connectivity index (χ3v) is 6.13. The second kappa shape index (κ2) is 9.06. The van der Waals surface area contributed by atoms with E-state index in [2.05, 4.69) is 21.2 Å². The second-order valence-electron chi connectivity index (χ2n) is 7.40. The van der Waals surface area contributed by atoms with Gasteiger partial charge in [-0.3, -0.25) is 9.59 Å². The highest BCUT2D eigenvalue weighted by atomic mass is 79.9. The number of anilines is 2. The van der Waals surface area contributed by atoms with Crippen LogP contribution in [0.4, 0.5) is 11.4 Å². The molecule has 4 rings (SSSR count). The van der Waals surface area contributed by atoms with Crippen molar-refractivity contribution in [2.45, 2.75) is 13.0 Å². The van der Waals surface area contributed by atoms with Gasteiger partial charge in [0.25, 0.3) is 5.91 Å². The lowest BCUT2D eigenvalue weighted by Crippen LogP contribution is -2.53. The lowest BCUT2D eigenvalue weighted by atomic mass is 10.1. The van der Waals surface area contributed by atoms with E-state index < -0.39 is 6.10 Å². The molecule has 2 aliphatic rings. The Hall–Kier alpha value is -2.58. The highest BCUT2D eigenvalue weighted by molar-refractivity contribution is 9.10. The lowest BCUT2D eigenvalue weighted by molar-refractivity contribution is -0.142. The van der Waals surface area contributed by atoms with Crippen LogP contribution < -0.4 is 15.0 Å². The number of para-hydroxylation sites is 2. The topological polar surface area (TPSA) is 71.1 Å². The van der Waals surface area contributed by atoms with Crippen LogP contribution in [0.2, 0.25) is 0 Å². The zero-order chi connectivity index (χ0) is 21.1. The zero-order valence-electron chi connectivity index (χ0n) is 16.8. The molecule has 30 heavy (non-hydrogen) atoms. The van der Waals surface area contributed by atoms with Crippen LogP contribution in [0.5, 0.6) is 5.75 Å². The summed E-state index contributed by atoms with van der Waals surface area (Å²) in [5.41, 5.74) is 2.59. The number of amides is 2. The summed E-state index contributed by atoms with van der Waals surface area (Å²) >= 11 is 3.47. The monoisotopic (exact) mass is 473 g/mol. The summed E-state index contributed by atoms with van der Waals surface area (Å²) in [7, 11) is 0. The first-order valence-electron chi connectivity index (χ1n) is 9.94. The van der Waals surface area contributed by atoms with Gasteiger partial charge in [-0.25, -0.2) is 0 Å². The maximum Gasteiger partial charge on any atom is 0.265 e. The summed E-state index contributed by atoms with van der Waals surface area (Å²) < 4.78 is 12.3. The van der Waals surface area contributed by atoms with Crippen molar-refractivity contribution in [1.82, 2.24) is 4.90 Å². The van der Waals surface area contributed by atoms with Gasteiger partial charge < -0.3 is 24.6 Å². The van der Waals surface area contributed by atoms with Crippen molar-refractivity contribution in [1.29, 1.82) is 0 Å². The molecular formula is C22H24BrN3O4. The molecule has 1 fully saturated rings. The summed E-state index contributed by atoms with van der Waals surface area (Å²) in [5.74, 6) is 0.399. The maximum absolute atomic E-state index is 13.0. The molecule has 2 heterocycles. The van der Waals surface area contributed by atoms with Gasteiger partial charge in [-0.15, -0.1) is 0 Å². The van der Waals surface area contributed by atoms with Gasteiger partial charge >= 0.3 is 0 Å². The fourth-order valence-electron chi connectivity index (χ4n) is 3.67. The van der Waals surface area contributed by atoms with Crippen molar-refractivity contribution < 1.29 is 19.1 Å². The average Bonchev–Trinajstić information content (AvgIpc) is 2.76. The number of benzene rings is 2. The lowest BCUT2D eigenvalue weighted by Gasteiger charge is -2.38. The number of carbonyl (C=O) groups excluding carboxylic acids is 2. The van der Waals surface area contributed by atoms with Gasteiger partial charge in [0, 0.05) is 23.2 Å². The van der Waals surface area contributed by atoms with Crippen molar-refractivity contribution in [3.05, 3.63) is 52.5 Å². The summed E-state index contributed by atoms with van der Waals surface area (Å²) in [4.78, 5) is 29.4. The quantitative estimate of drug-likeness (QED) is 0.738. The Balaban J connectivity index is 1.48. The van der Waals surface area contributed by atoms with Gasteiger partial charge in [0.05, 0.1) is 32.0 Å². The third-order valence-electron chi connectivity index (χ3n) is 5.24. The maximum atomic E-state index is 13.0. The minimum Gasteiger partial charge on any atom is -0.477 e. The molecule has 0 bridgehead atoms. The number of carbonyl (C=O) groups is 2. The molecule has 1 unspecified atom stereocenters. The predicted octanol–water partition coefficient (Wildman–Crippen LogP) is 2.82. The Morgan fingerprint density at radius 3 is 2.70 bits per heavy atom. The van der Waals surface area contributed by atoms with Gasteiger partial charge in [-0.1, -0.05) is 28.1 Å². The SMILES string of the molecule is Cc1cc(NC(=O)CN2CC(C(=O)N3CCOCC3)Oc3ccccc32)ccc1Br. The van der Waals surface area contributed by atoms with Crippen molar-refractivity contribution in [3.63, 3.8) is 0 Å². The van der Waals surface area contributed by atoms with E-state index in [1.54, 1.807) is 4.90 Å². The Morgan fingerprint density at radius 1 is 1.17 bits per heavy atom. The molecule has 2 aromatic carbocycles. The van der Waals surface area contributed by atoms with Crippen molar-refractivity contribution in [3.8, 4) is 5.75 Å². The molecule has 0 saturated carbocycles. The van der Waals surface area contributed by atoms with Crippen LogP contribution >= 0.6 is 15.9 Å². The number of fused-ring (bicyclic) bond motifs is 1. The van der Waals surface area contributed by atoms with Gasteiger partial charge in [-0.2, -0.15) is 0 Å². The first kappa shape index (κ1) is 20.7. The molecule has 0 aromatic heterocycles. The molecule has 2 aromatic rings. The summed E-state index contributed by atoms with van der Waals surface area (Å²) in [5, 5.41) is 2.94. The first-order valence-corrected chi connectivity index (χ1v) is 10.7. The third kappa shape index (κ3) is 4.60. The molecule has 8 heteroatoms. The van der Waals surface area contributed by atoms with Gasteiger partial charge in [0.1, 0.15) is 5.75 Å². The molecule has 0 radical (unpaired) electrons. The minimum atomic E-state index is -0.652. The van der Waals surface area contributed by atoms with Crippen LogP contribution in [-0.2, 0) is 14.3 Å². The average molecular weight is 474 g/mol. The fourth-order valence-corrected chi connectivity index (χ4v) is 3.92. The molecule has 0 spiro atoms. The van der Waals surface area contributed by atoms with E-state index in [4.69, 9.17) is 9.47 Å². The normalized spacial score (nSPS) is 18.4. The summed E-state index contributed by atoms with van der Waals surface area (Å²) in [6.45, 7) is 4.61. The molecular weight excluding hydrogens is 450 g/mol. The fraction of sp³-hybridized carbons (Fsp3) is 0.364. The Bertz CT molecular complexity index is 946. The van der Waals surface area contributed by atoms with E-state index in [0.29, 0.717) is 38.6 Å². The molecule has 2 amide bonds. The molecule has 2 aliphatic heterocycles. The van der Waals surface area contributed by atoms with E-state index in [9.17, 15) is 9.59 Å². The van der Waals surface area contributed by atoms with Crippen molar-refractivity contribution in [2.24, 2.45) is 0 Å². The van der Waals surface area contributed by atoms with Crippen LogP contribution in [0, 0.1) is 6.92 Å². The molecule has 1 saturated heterocycles. The molecule has 1 N–H and O–H groups in total. The van der Waals surface area contributed by atoms with Gasteiger partial charge in [0.15, 0.2) is 6.10 Å². The Labute approximate surface area is 184 Å². The number of aryl methyl sites for hydroxylation is 1. The molecule has 1 atom stereocenters. The van der Waals surface area contributed by atoms with E-state index in [1.807, 2.05) is 54.3 Å². The smallest absolute Gasteiger partial charge is 0.265 e. The predicted molar refractivity (Wildman–Crippen MR) is 118 cm³/mol. The number of nitrogens with one attached hydrogen (secondary N) is 1. The molecule has 7 nitrogen and oxygen atoms in total. The molecule has 158 valence electrons. The molecule has 0 aliphatic carbocycles. The first-order chi connectivity index (χ1) is 14.5. The second-order valence-corrected chi connectivity index (χ2v) is 8.26.